The lowest BCUT2D eigenvalue weighted by Gasteiger charge is -2.42. The molecular weight excluding hydrogens is 698 g/mol. The first kappa shape index (κ1) is 45.9. The van der Waals surface area contributed by atoms with Gasteiger partial charge in [0.1, 0.15) is 5.75 Å². The highest BCUT2D eigenvalue weighted by molar-refractivity contribution is 5.66. The molecule has 0 amide bonds. The van der Waals surface area contributed by atoms with Crippen LogP contribution in [-0.4, -0.2) is 96.0 Å². The van der Waals surface area contributed by atoms with E-state index in [0.717, 1.165) is 53.5 Å². The number of carboxylic acid groups (broad SMARTS) is 1. The molecule has 0 spiro atoms. The van der Waals surface area contributed by atoms with Crippen LogP contribution in [0.4, 0.5) is 0 Å². The molecule has 55 heavy (non-hydrogen) atoms. The van der Waals surface area contributed by atoms with Gasteiger partial charge in [-0.25, -0.2) is 0 Å². The van der Waals surface area contributed by atoms with Crippen molar-refractivity contribution in [1.29, 1.82) is 0 Å². The Morgan fingerprint density at radius 1 is 0.964 bits per heavy atom. The zero-order chi connectivity index (χ0) is 40.2. The monoisotopic (exact) mass is 763 g/mol. The second-order valence-corrected chi connectivity index (χ2v) is 15.2. The summed E-state index contributed by atoms with van der Waals surface area (Å²) in [5, 5.41) is 88.5. The predicted octanol–water partition coefficient (Wildman–Crippen LogP) is 5.65. The first-order chi connectivity index (χ1) is 26.4. The number of unbranched alkanes of at least 4 members (excludes halogenated alkanes) is 4. The number of aryl methyl sites for hydroxylation is 1. The summed E-state index contributed by atoms with van der Waals surface area (Å²) in [4.78, 5) is 11.2. The van der Waals surface area contributed by atoms with Crippen LogP contribution in [0.5, 0.6) is 5.75 Å². The first-order valence-corrected chi connectivity index (χ1v) is 20.1. The zero-order valence-corrected chi connectivity index (χ0v) is 32.7. The van der Waals surface area contributed by atoms with Gasteiger partial charge in [0, 0.05) is 43.0 Å². The molecule has 1 heterocycles. The number of nitrogens with one attached hydrogen (secondary N) is 1. The fraction of sp³-hybridized carbons (Fsp3) is 0.578. The molecule has 0 fully saturated rings. The van der Waals surface area contributed by atoms with Crippen molar-refractivity contribution < 1.29 is 45.6 Å². The summed E-state index contributed by atoms with van der Waals surface area (Å²) in [7, 11) is 0. The van der Waals surface area contributed by atoms with E-state index < -0.39 is 54.5 Å². The van der Waals surface area contributed by atoms with E-state index in [1.807, 2.05) is 37.3 Å². The molecule has 2 aromatic rings. The second kappa shape index (κ2) is 24.2. The average Bonchev–Trinajstić information content (AvgIpc) is 3.16. The third kappa shape index (κ3) is 15.1. The Morgan fingerprint density at radius 2 is 1.69 bits per heavy atom. The molecule has 3 rings (SSSR count). The second-order valence-electron chi connectivity index (χ2n) is 15.2. The maximum atomic E-state index is 12.7. The molecular formula is C45H65NO9. The number of phenols is 1. The normalized spacial score (nSPS) is 21.2. The molecule has 7 atom stereocenters. The Kier molecular flexibility index (Phi) is 20.2. The number of aliphatic hydroxyl groups is 6. The lowest BCUT2D eigenvalue weighted by atomic mass is 9.74. The van der Waals surface area contributed by atoms with Gasteiger partial charge in [-0.3, -0.25) is 4.79 Å². The summed E-state index contributed by atoms with van der Waals surface area (Å²) >= 11 is 0. The Balaban J connectivity index is 2.23. The lowest BCUT2D eigenvalue weighted by Crippen LogP contribution is -2.56. The lowest BCUT2D eigenvalue weighted by molar-refractivity contribution is -0.137. The Labute approximate surface area is 327 Å². The number of hydrogen-bond donors (Lipinski definition) is 9. The van der Waals surface area contributed by atoms with Crippen molar-refractivity contribution in [2.24, 2.45) is 0 Å². The zero-order valence-electron chi connectivity index (χ0n) is 32.7. The van der Waals surface area contributed by atoms with Crippen LogP contribution < -0.4 is 5.32 Å². The van der Waals surface area contributed by atoms with Crippen molar-refractivity contribution in [2.75, 3.05) is 13.2 Å². The van der Waals surface area contributed by atoms with Crippen LogP contribution in [0.2, 0.25) is 0 Å². The quantitative estimate of drug-likeness (QED) is 0.0536. The average molecular weight is 764 g/mol. The highest BCUT2D eigenvalue weighted by Crippen LogP contribution is 2.38. The number of rotatable bonds is 22. The molecule has 9 N–H and O–H groups in total. The van der Waals surface area contributed by atoms with Crippen molar-refractivity contribution in [3.8, 4) is 17.6 Å². The fourth-order valence-corrected chi connectivity index (χ4v) is 7.53. The maximum absolute atomic E-state index is 12.7. The van der Waals surface area contributed by atoms with Crippen LogP contribution >= 0.6 is 0 Å². The van der Waals surface area contributed by atoms with Crippen molar-refractivity contribution in [2.45, 2.75) is 152 Å². The van der Waals surface area contributed by atoms with Crippen molar-refractivity contribution in [1.82, 2.24) is 5.32 Å². The van der Waals surface area contributed by atoms with E-state index in [1.165, 1.54) is 0 Å². The maximum Gasteiger partial charge on any atom is 0.303 e. The summed E-state index contributed by atoms with van der Waals surface area (Å²) in [6.07, 6.45) is 8.12. The third-order valence-electron chi connectivity index (χ3n) is 10.8. The Bertz CT molecular complexity index is 1560. The number of carbonyl (C=O) groups is 1. The van der Waals surface area contributed by atoms with E-state index >= 15 is 0 Å². The molecule has 1 aliphatic rings. The van der Waals surface area contributed by atoms with Gasteiger partial charge in [-0.1, -0.05) is 93.4 Å². The molecule has 0 radical (unpaired) electrons. The molecule has 10 heteroatoms. The highest BCUT2D eigenvalue weighted by atomic mass is 16.4. The van der Waals surface area contributed by atoms with E-state index in [-0.39, 0.29) is 31.6 Å². The molecule has 0 aromatic heterocycles. The molecule has 2 aromatic carbocycles. The number of aliphatic carboxylic acids is 1. The Hall–Kier alpha value is -3.53. The van der Waals surface area contributed by atoms with Gasteiger partial charge in [0.25, 0.3) is 0 Å². The number of hydrogen-bond acceptors (Lipinski definition) is 9. The van der Waals surface area contributed by atoms with Gasteiger partial charge < -0.3 is 46.2 Å². The summed E-state index contributed by atoms with van der Waals surface area (Å²) < 4.78 is 0. The number of aromatic hydroxyl groups is 1. The highest BCUT2D eigenvalue weighted by Gasteiger charge is 2.41. The molecule has 10 nitrogen and oxygen atoms in total. The third-order valence-corrected chi connectivity index (χ3v) is 10.8. The smallest absolute Gasteiger partial charge is 0.303 e. The minimum atomic E-state index is -1.44. The molecule has 0 unspecified atom stereocenters. The van der Waals surface area contributed by atoms with Crippen LogP contribution in [0.1, 0.15) is 126 Å². The number of aliphatic hydroxyl groups excluding tert-OH is 5. The largest absolute Gasteiger partial charge is 0.508 e. The summed E-state index contributed by atoms with van der Waals surface area (Å²) in [5.41, 5.74) is 2.86. The van der Waals surface area contributed by atoms with Gasteiger partial charge in [-0.2, -0.15) is 0 Å². The predicted molar refractivity (Wildman–Crippen MR) is 216 cm³/mol. The van der Waals surface area contributed by atoms with E-state index in [9.17, 15) is 40.5 Å². The van der Waals surface area contributed by atoms with Crippen LogP contribution in [0.25, 0.3) is 0 Å². The van der Waals surface area contributed by atoms with Gasteiger partial charge in [-0.05, 0) is 98.8 Å². The summed E-state index contributed by atoms with van der Waals surface area (Å²) in [6.45, 7) is 3.25. The van der Waals surface area contributed by atoms with Gasteiger partial charge in [0.15, 0.2) is 0 Å². The van der Waals surface area contributed by atoms with Gasteiger partial charge in [0.2, 0.25) is 0 Å². The fourth-order valence-electron chi connectivity index (χ4n) is 7.53. The molecule has 0 saturated heterocycles. The van der Waals surface area contributed by atoms with E-state index in [4.69, 9.17) is 5.11 Å². The minimum Gasteiger partial charge on any atom is -0.508 e. The molecule has 304 valence electrons. The SMILES string of the molecule is CCCC[C@H](O)[C@H](O)/C=C/C1=C(\C[C@H](O)CO)[C@H](CCCCCCC(=O)O)N[C@@H]([C@@](C)(O)[C@H](CCCO)c2ccc(O)cc2)CC#Cc2ccccc2CC1. The van der Waals surface area contributed by atoms with Crippen molar-refractivity contribution in [3.05, 3.63) is 88.5 Å². The molecule has 0 aliphatic carbocycles. The van der Waals surface area contributed by atoms with E-state index in [0.29, 0.717) is 51.4 Å². The Morgan fingerprint density at radius 3 is 2.38 bits per heavy atom. The number of allylic oxidation sites excluding steroid dienone is 2. The van der Waals surface area contributed by atoms with Gasteiger partial charge in [0.05, 0.1) is 30.5 Å². The topological polar surface area (TPSA) is 191 Å². The van der Waals surface area contributed by atoms with E-state index in [1.54, 1.807) is 37.3 Å². The van der Waals surface area contributed by atoms with Crippen molar-refractivity contribution in [3.63, 3.8) is 0 Å². The van der Waals surface area contributed by atoms with Crippen LogP contribution in [0.15, 0.2) is 71.8 Å². The number of carboxylic acids is 1. The van der Waals surface area contributed by atoms with Gasteiger partial charge >= 0.3 is 5.97 Å². The van der Waals surface area contributed by atoms with Crippen molar-refractivity contribution >= 4 is 5.97 Å². The van der Waals surface area contributed by atoms with Crippen LogP contribution in [0, 0.1) is 11.8 Å². The number of fused-ring (bicyclic) bond motifs is 1. The number of benzene rings is 2. The summed E-state index contributed by atoms with van der Waals surface area (Å²) in [5.74, 6) is 5.50. The molecule has 0 saturated carbocycles. The van der Waals surface area contributed by atoms with Gasteiger partial charge in [-0.15, -0.1) is 0 Å². The summed E-state index contributed by atoms with van der Waals surface area (Å²) in [6, 6.07) is 13.5. The molecule has 0 bridgehead atoms. The molecule has 1 aliphatic heterocycles. The van der Waals surface area contributed by atoms with E-state index in [2.05, 4.69) is 17.2 Å². The van der Waals surface area contributed by atoms with Crippen LogP contribution in [0.3, 0.4) is 0 Å². The number of phenolic OH excluding ortho intramolecular Hbond substituents is 1. The first-order valence-electron chi connectivity index (χ1n) is 20.1. The van der Waals surface area contributed by atoms with Crippen LogP contribution in [-0.2, 0) is 11.2 Å². The minimum absolute atomic E-state index is 0.0650. The standard InChI is InChI=1S/C45H65NO9/c1-3-4-18-41(51)42(52)28-25-34-22-21-33-14-10-9-13-32(33)15-11-19-43(45(2,55)39(16-12-29-47)35-23-26-36(49)27-24-35)46-40(38(34)30-37(50)31-48)17-7-5-6-8-20-44(53)54/h9-10,13-14,23-28,37,39-43,46-52,55H,3-8,12,16-22,29-31H2,1-2H3,(H,53,54)/b28-25+,38-34+/t37-,39+,40-,41-,42+,43+,45-/m0/s1.